The molecule has 0 bridgehead atoms. The molecule has 0 aromatic heterocycles. The summed E-state index contributed by atoms with van der Waals surface area (Å²) >= 11 is 0. The molecular formula is C14H21FN2O3S. The van der Waals surface area contributed by atoms with Gasteiger partial charge in [0.15, 0.2) is 0 Å². The van der Waals surface area contributed by atoms with E-state index in [-0.39, 0.29) is 30.7 Å². The topological polar surface area (TPSA) is 66.5 Å². The molecular weight excluding hydrogens is 295 g/mol. The Morgan fingerprint density at radius 3 is 2.33 bits per heavy atom. The molecule has 1 rings (SSSR count). The van der Waals surface area contributed by atoms with Crippen molar-refractivity contribution in [3.63, 3.8) is 0 Å². The van der Waals surface area contributed by atoms with Crippen LogP contribution >= 0.6 is 0 Å². The summed E-state index contributed by atoms with van der Waals surface area (Å²) in [6.45, 7) is 4.09. The minimum atomic E-state index is -3.42. The van der Waals surface area contributed by atoms with Crippen molar-refractivity contribution >= 4 is 15.9 Å². The van der Waals surface area contributed by atoms with Gasteiger partial charge < -0.3 is 5.32 Å². The second kappa shape index (κ2) is 7.51. The molecule has 5 nitrogen and oxygen atoms in total. The van der Waals surface area contributed by atoms with Crippen LogP contribution in [0.15, 0.2) is 24.3 Å². The van der Waals surface area contributed by atoms with Gasteiger partial charge in [-0.3, -0.25) is 4.79 Å². The van der Waals surface area contributed by atoms with Crippen LogP contribution in [-0.2, 0) is 21.4 Å². The molecule has 0 spiro atoms. The number of nitrogens with zero attached hydrogens (tertiary/aromatic N) is 1. The lowest BCUT2D eigenvalue weighted by Crippen LogP contribution is -2.41. The average molecular weight is 316 g/mol. The van der Waals surface area contributed by atoms with Crippen LogP contribution in [0.1, 0.15) is 19.4 Å². The van der Waals surface area contributed by atoms with E-state index in [1.165, 1.54) is 12.1 Å². The molecule has 7 heteroatoms. The predicted octanol–water partition coefficient (Wildman–Crippen LogP) is 1.36. The molecule has 0 saturated carbocycles. The fourth-order valence-electron chi connectivity index (χ4n) is 1.74. The zero-order chi connectivity index (χ0) is 16.0. The molecule has 0 aliphatic carbocycles. The summed E-state index contributed by atoms with van der Waals surface area (Å²) in [5, 5.41) is 2.63. The summed E-state index contributed by atoms with van der Waals surface area (Å²) in [6, 6.07) is 5.75. The molecule has 1 amide bonds. The molecule has 0 atom stereocenters. The molecule has 21 heavy (non-hydrogen) atoms. The highest BCUT2D eigenvalue weighted by Crippen LogP contribution is 2.05. The summed E-state index contributed by atoms with van der Waals surface area (Å²) in [5.41, 5.74) is 0.750. The van der Waals surface area contributed by atoms with Crippen LogP contribution in [0.2, 0.25) is 0 Å². The van der Waals surface area contributed by atoms with E-state index in [9.17, 15) is 17.6 Å². The molecule has 0 aliphatic rings. The summed E-state index contributed by atoms with van der Waals surface area (Å²) in [4.78, 5) is 11.8. The maximum atomic E-state index is 12.7. The number of carbonyl (C=O) groups is 1. The molecule has 0 saturated heterocycles. The number of sulfonamides is 1. The minimum absolute atomic E-state index is 0.129. The SMILES string of the molecule is CC(C)CN(CC(=O)NCc1ccc(F)cc1)S(C)(=O)=O. The zero-order valence-corrected chi connectivity index (χ0v) is 13.3. The molecule has 0 fully saturated rings. The van der Waals surface area contributed by atoms with Crippen molar-refractivity contribution in [3.8, 4) is 0 Å². The van der Waals surface area contributed by atoms with Gasteiger partial charge in [0.2, 0.25) is 15.9 Å². The van der Waals surface area contributed by atoms with Gasteiger partial charge in [0.05, 0.1) is 12.8 Å². The zero-order valence-electron chi connectivity index (χ0n) is 12.5. The van der Waals surface area contributed by atoms with Gasteiger partial charge in [0.25, 0.3) is 0 Å². The van der Waals surface area contributed by atoms with Crippen molar-refractivity contribution in [2.45, 2.75) is 20.4 Å². The molecule has 1 aromatic rings. The second-order valence-electron chi connectivity index (χ2n) is 5.35. The number of carbonyl (C=O) groups excluding carboxylic acids is 1. The van der Waals surface area contributed by atoms with Crippen LogP contribution in [0.5, 0.6) is 0 Å². The van der Waals surface area contributed by atoms with Gasteiger partial charge in [-0.2, -0.15) is 4.31 Å². The Morgan fingerprint density at radius 1 is 1.29 bits per heavy atom. The monoisotopic (exact) mass is 316 g/mol. The summed E-state index contributed by atoms with van der Waals surface area (Å²) in [6.07, 6.45) is 1.09. The Bertz CT molecular complexity index is 570. The first-order valence-corrected chi connectivity index (χ1v) is 8.49. The van der Waals surface area contributed by atoms with E-state index in [1.54, 1.807) is 12.1 Å². The predicted molar refractivity (Wildman–Crippen MR) is 79.5 cm³/mol. The highest BCUT2D eigenvalue weighted by molar-refractivity contribution is 7.88. The summed E-state index contributed by atoms with van der Waals surface area (Å²) in [5.74, 6) is -0.597. The van der Waals surface area contributed by atoms with Crippen LogP contribution in [0.4, 0.5) is 4.39 Å². The van der Waals surface area contributed by atoms with E-state index in [0.29, 0.717) is 6.54 Å². The molecule has 1 aromatic carbocycles. The van der Waals surface area contributed by atoms with Crippen LogP contribution in [0.25, 0.3) is 0 Å². The number of amides is 1. The van der Waals surface area contributed by atoms with Crippen molar-refractivity contribution in [2.24, 2.45) is 5.92 Å². The normalized spacial score (nSPS) is 11.9. The number of halogens is 1. The quantitative estimate of drug-likeness (QED) is 0.826. The third-order valence-electron chi connectivity index (χ3n) is 2.76. The first-order valence-electron chi connectivity index (χ1n) is 6.64. The van der Waals surface area contributed by atoms with Crippen molar-refractivity contribution in [1.29, 1.82) is 0 Å². The minimum Gasteiger partial charge on any atom is -0.351 e. The van der Waals surface area contributed by atoms with Crippen LogP contribution < -0.4 is 5.32 Å². The number of nitrogens with one attached hydrogen (secondary N) is 1. The summed E-state index contributed by atoms with van der Waals surface area (Å²) in [7, 11) is -3.42. The van der Waals surface area contributed by atoms with Gasteiger partial charge in [-0.1, -0.05) is 26.0 Å². The number of benzene rings is 1. The first-order chi connectivity index (χ1) is 9.68. The van der Waals surface area contributed by atoms with Crippen molar-refractivity contribution in [2.75, 3.05) is 19.3 Å². The second-order valence-corrected chi connectivity index (χ2v) is 7.33. The van der Waals surface area contributed by atoms with E-state index in [2.05, 4.69) is 5.32 Å². The van der Waals surface area contributed by atoms with E-state index >= 15 is 0 Å². The lowest BCUT2D eigenvalue weighted by Gasteiger charge is -2.21. The van der Waals surface area contributed by atoms with Crippen LogP contribution in [0.3, 0.4) is 0 Å². The van der Waals surface area contributed by atoms with Gasteiger partial charge in [-0.15, -0.1) is 0 Å². The third-order valence-corrected chi connectivity index (χ3v) is 3.98. The molecule has 0 heterocycles. The highest BCUT2D eigenvalue weighted by Gasteiger charge is 2.20. The van der Waals surface area contributed by atoms with Crippen molar-refractivity contribution < 1.29 is 17.6 Å². The maximum Gasteiger partial charge on any atom is 0.235 e. The smallest absolute Gasteiger partial charge is 0.235 e. The van der Waals surface area contributed by atoms with Gasteiger partial charge in [-0.25, -0.2) is 12.8 Å². The standard InChI is InChI=1S/C14H21FN2O3S/c1-11(2)9-17(21(3,19)20)10-14(18)16-8-12-4-6-13(15)7-5-12/h4-7,11H,8-10H2,1-3H3,(H,16,18). The molecule has 0 unspecified atom stereocenters. The fourth-order valence-corrected chi connectivity index (χ4v) is 2.66. The lowest BCUT2D eigenvalue weighted by atomic mass is 10.2. The number of hydrogen-bond acceptors (Lipinski definition) is 3. The summed E-state index contributed by atoms with van der Waals surface area (Å²) < 4.78 is 37.1. The van der Waals surface area contributed by atoms with E-state index in [4.69, 9.17) is 0 Å². The number of rotatable bonds is 7. The van der Waals surface area contributed by atoms with Crippen molar-refractivity contribution in [3.05, 3.63) is 35.6 Å². The van der Waals surface area contributed by atoms with Gasteiger partial charge in [0.1, 0.15) is 5.82 Å². The van der Waals surface area contributed by atoms with Crippen LogP contribution in [-0.4, -0.2) is 38.0 Å². The number of hydrogen-bond donors (Lipinski definition) is 1. The molecule has 118 valence electrons. The molecule has 0 aliphatic heterocycles. The van der Waals surface area contributed by atoms with Crippen molar-refractivity contribution in [1.82, 2.24) is 9.62 Å². The average Bonchev–Trinajstić information content (AvgIpc) is 2.36. The largest absolute Gasteiger partial charge is 0.351 e. The van der Waals surface area contributed by atoms with Gasteiger partial charge in [-0.05, 0) is 23.6 Å². The third kappa shape index (κ3) is 6.68. The Balaban J connectivity index is 2.56. The Hall–Kier alpha value is -1.47. The lowest BCUT2D eigenvalue weighted by molar-refractivity contribution is -0.121. The van der Waals surface area contributed by atoms with Gasteiger partial charge >= 0.3 is 0 Å². The van der Waals surface area contributed by atoms with E-state index in [0.717, 1.165) is 16.1 Å². The van der Waals surface area contributed by atoms with E-state index in [1.807, 2.05) is 13.8 Å². The van der Waals surface area contributed by atoms with Gasteiger partial charge in [0, 0.05) is 13.1 Å². The molecule has 1 N–H and O–H groups in total. The van der Waals surface area contributed by atoms with E-state index < -0.39 is 10.0 Å². The van der Waals surface area contributed by atoms with Crippen LogP contribution in [0, 0.1) is 11.7 Å². The first kappa shape index (κ1) is 17.6. The molecule has 0 radical (unpaired) electrons. The fraction of sp³-hybridized carbons (Fsp3) is 0.500. The highest BCUT2D eigenvalue weighted by atomic mass is 32.2. The Morgan fingerprint density at radius 2 is 1.86 bits per heavy atom. The maximum absolute atomic E-state index is 12.7. The Labute approximate surface area is 125 Å². The Kier molecular flexibility index (Phi) is 6.29.